The monoisotopic (exact) mass is 386 g/mol. The molecule has 2 N–H and O–H groups in total. The first-order valence-electron chi connectivity index (χ1n) is 8.30. The Morgan fingerprint density at radius 2 is 1.96 bits per heavy atom. The molecule has 2 fully saturated rings. The summed E-state index contributed by atoms with van der Waals surface area (Å²) in [6, 6.07) is 5.23. The van der Waals surface area contributed by atoms with Crippen LogP contribution in [0.1, 0.15) is 36.5 Å². The average molecular weight is 386 g/mol. The van der Waals surface area contributed by atoms with Gasteiger partial charge in [-0.2, -0.15) is 0 Å². The van der Waals surface area contributed by atoms with Gasteiger partial charge in [-0.3, -0.25) is 4.79 Å². The number of rotatable bonds is 6. The van der Waals surface area contributed by atoms with Crippen molar-refractivity contribution in [2.75, 3.05) is 11.5 Å². The van der Waals surface area contributed by atoms with E-state index >= 15 is 0 Å². The van der Waals surface area contributed by atoms with Crippen molar-refractivity contribution >= 4 is 25.8 Å². The van der Waals surface area contributed by atoms with E-state index in [1.165, 1.54) is 18.2 Å². The Balaban J connectivity index is 1.72. The van der Waals surface area contributed by atoms with Crippen LogP contribution in [-0.4, -0.2) is 46.3 Å². The highest BCUT2D eigenvalue weighted by Crippen LogP contribution is 2.32. The average Bonchev–Trinajstić information content (AvgIpc) is 3.32. The zero-order chi connectivity index (χ0) is 18.2. The summed E-state index contributed by atoms with van der Waals surface area (Å²) in [6.45, 7) is 1.94. The summed E-state index contributed by atoms with van der Waals surface area (Å²) in [5, 5.41) is 2.89. The number of benzene rings is 1. The molecule has 0 spiro atoms. The van der Waals surface area contributed by atoms with E-state index in [4.69, 9.17) is 0 Å². The van der Waals surface area contributed by atoms with Gasteiger partial charge in [0.15, 0.2) is 9.84 Å². The SMILES string of the molecule is C[C@@H](NC(=O)c1cccc(S(=O)(=O)N[C@@H]2CCS(=O)(=O)C2)c1)C1CC1. The Morgan fingerprint density at radius 1 is 1.24 bits per heavy atom. The third kappa shape index (κ3) is 4.59. The van der Waals surface area contributed by atoms with E-state index in [-0.39, 0.29) is 40.3 Å². The lowest BCUT2D eigenvalue weighted by molar-refractivity contribution is 0.0935. The van der Waals surface area contributed by atoms with Crippen molar-refractivity contribution in [3.63, 3.8) is 0 Å². The minimum absolute atomic E-state index is 0.0122. The molecule has 7 nitrogen and oxygen atoms in total. The first kappa shape index (κ1) is 18.3. The van der Waals surface area contributed by atoms with Crippen molar-refractivity contribution in [1.29, 1.82) is 0 Å². The highest BCUT2D eigenvalue weighted by Gasteiger charge is 2.32. The Hall–Kier alpha value is -1.45. The molecule has 1 heterocycles. The Labute approximate surface area is 148 Å². The Bertz CT molecular complexity index is 876. The van der Waals surface area contributed by atoms with Gasteiger partial charge >= 0.3 is 0 Å². The lowest BCUT2D eigenvalue weighted by atomic mass is 10.1. The van der Waals surface area contributed by atoms with Crippen LogP contribution in [0.15, 0.2) is 29.2 Å². The number of nitrogens with one attached hydrogen (secondary N) is 2. The molecular weight excluding hydrogens is 364 g/mol. The number of hydrogen-bond acceptors (Lipinski definition) is 5. The summed E-state index contributed by atoms with van der Waals surface area (Å²) in [5.74, 6) is -0.00533. The summed E-state index contributed by atoms with van der Waals surface area (Å²) in [7, 11) is -7.06. The topological polar surface area (TPSA) is 109 Å². The van der Waals surface area contributed by atoms with Gasteiger partial charge in [-0.05, 0) is 50.3 Å². The van der Waals surface area contributed by atoms with Crippen LogP contribution in [-0.2, 0) is 19.9 Å². The maximum atomic E-state index is 12.5. The van der Waals surface area contributed by atoms with Crippen molar-refractivity contribution in [3.8, 4) is 0 Å². The van der Waals surface area contributed by atoms with Crippen molar-refractivity contribution in [2.24, 2.45) is 5.92 Å². The van der Waals surface area contributed by atoms with Crippen LogP contribution in [0.4, 0.5) is 0 Å². The van der Waals surface area contributed by atoms with Gasteiger partial charge in [-0.1, -0.05) is 6.07 Å². The van der Waals surface area contributed by atoms with E-state index in [1.807, 2.05) is 6.92 Å². The summed E-state index contributed by atoms with van der Waals surface area (Å²) >= 11 is 0. The van der Waals surface area contributed by atoms with Gasteiger partial charge in [0.1, 0.15) is 0 Å². The second-order valence-electron chi connectivity index (χ2n) is 6.85. The largest absolute Gasteiger partial charge is 0.349 e. The lowest BCUT2D eigenvalue weighted by Crippen LogP contribution is -2.36. The van der Waals surface area contributed by atoms with Crippen LogP contribution in [0, 0.1) is 5.92 Å². The second kappa shape index (κ2) is 6.69. The fraction of sp³-hybridized carbons (Fsp3) is 0.562. The van der Waals surface area contributed by atoms with Gasteiger partial charge in [0.25, 0.3) is 5.91 Å². The van der Waals surface area contributed by atoms with Crippen molar-refractivity contribution in [2.45, 2.75) is 43.2 Å². The van der Waals surface area contributed by atoms with E-state index in [9.17, 15) is 21.6 Å². The molecule has 138 valence electrons. The molecule has 0 radical (unpaired) electrons. The first-order chi connectivity index (χ1) is 11.7. The smallest absolute Gasteiger partial charge is 0.251 e. The van der Waals surface area contributed by atoms with E-state index < -0.39 is 25.9 Å². The fourth-order valence-electron chi connectivity index (χ4n) is 2.98. The molecule has 25 heavy (non-hydrogen) atoms. The van der Waals surface area contributed by atoms with Crippen molar-refractivity contribution < 1.29 is 21.6 Å². The maximum absolute atomic E-state index is 12.5. The number of sulfone groups is 1. The Morgan fingerprint density at radius 3 is 2.56 bits per heavy atom. The van der Waals surface area contributed by atoms with Gasteiger partial charge in [0.2, 0.25) is 10.0 Å². The molecule has 1 saturated heterocycles. The van der Waals surface area contributed by atoms with Gasteiger partial charge in [0.05, 0.1) is 16.4 Å². The zero-order valence-electron chi connectivity index (χ0n) is 13.9. The van der Waals surface area contributed by atoms with Crippen LogP contribution >= 0.6 is 0 Å². The molecular formula is C16H22N2O5S2. The maximum Gasteiger partial charge on any atom is 0.251 e. The number of carbonyl (C=O) groups excluding carboxylic acids is 1. The lowest BCUT2D eigenvalue weighted by Gasteiger charge is -2.14. The molecule has 0 bridgehead atoms. The molecule has 0 unspecified atom stereocenters. The Kier molecular flexibility index (Phi) is 4.91. The van der Waals surface area contributed by atoms with Crippen LogP contribution < -0.4 is 10.0 Å². The molecule has 2 atom stereocenters. The molecule has 1 saturated carbocycles. The summed E-state index contributed by atoms with van der Waals surface area (Å²) in [5.41, 5.74) is 0.273. The summed E-state index contributed by atoms with van der Waals surface area (Å²) < 4.78 is 50.3. The number of sulfonamides is 1. The molecule has 1 aromatic rings. The quantitative estimate of drug-likeness (QED) is 0.747. The van der Waals surface area contributed by atoms with Gasteiger partial charge in [-0.25, -0.2) is 21.6 Å². The summed E-state index contributed by atoms with van der Waals surface area (Å²) in [6.07, 6.45) is 2.47. The molecule has 1 aliphatic carbocycles. The van der Waals surface area contributed by atoms with E-state index in [0.717, 1.165) is 12.8 Å². The molecule has 1 aliphatic heterocycles. The van der Waals surface area contributed by atoms with Gasteiger partial charge in [-0.15, -0.1) is 0 Å². The first-order valence-corrected chi connectivity index (χ1v) is 11.6. The van der Waals surface area contributed by atoms with E-state index in [1.54, 1.807) is 6.07 Å². The van der Waals surface area contributed by atoms with E-state index in [2.05, 4.69) is 10.0 Å². The number of hydrogen-bond donors (Lipinski definition) is 2. The minimum Gasteiger partial charge on any atom is -0.349 e. The highest BCUT2D eigenvalue weighted by atomic mass is 32.2. The van der Waals surface area contributed by atoms with Crippen LogP contribution in [0.3, 0.4) is 0 Å². The molecule has 1 amide bonds. The second-order valence-corrected chi connectivity index (χ2v) is 10.8. The third-order valence-corrected chi connectivity index (χ3v) is 7.93. The predicted molar refractivity (Wildman–Crippen MR) is 93.5 cm³/mol. The van der Waals surface area contributed by atoms with Crippen molar-refractivity contribution in [1.82, 2.24) is 10.0 Å². The molecule has 1 aromatic carbocycles. The third-order valence-electron chi connectivity index (χ3n) is 4.65. The van der Waals surface area contributed by atoms with Gasteiger partial charge in [0, 0.05) is 17.6 Å². The highest BCUT2D eigenvalue weighted by molar-refractivity contribution is 7.92. The standard InChI is InChI=1S/C16H22N2O5S2/c1-11(12-5-6-12)17-16(19)13-3-2-4-15(9-13)25(22,23)18-14-7-8-24(20,21)10-14/h2-4,9,11-12,14,18H,5-8,10H2,1H3,(H,17,19)/t11-,14-/m1/s1. The van der Waals surface area contributed by atoms with Crippen LogP contribution in [0.5, 0.6) is 0 Å². The molecule has 0 aromatic heterocycles. The summed E-state index contributed by atoms with van der Waals surface area (Å²) in [4.78, 5) is 12.3. The van der Waals surface area contributed by atoms with Crippen molar-refractivity contribution in [3.05, 3.63) is 29.8 Å². The van der Waals surface area contributed by atoms with E-state index in [0.29, 0.717) is 5.92 Å². The predicted octanol–water partition coefficient (Wildman–Crippen LogP) is 0.680. The number of carbonyl (C=O) groups is 1. The van der Waals surface area contributed by atoms with Crippen LogP contribution in [0.2, 0.25) is 0 Å². The number of amides is 1. The normalized spacial score (nSPS) is 24.0. The van der Waals surface area contributed by atoms with Gasteiger partial charge < -0.3 is 5.32 Å². The minimum atomic E-state index is -3.88. The van der Waals surface area contributed by atoms with Crippen LogP contribution in [0.25, 0.3) is 0 Å². The molecule has 9 heteroatoms. The molecule has 3 rings (SSSR count). The zero-order valence-corrected chi connectivity index (χ0v) is 15.6. The molecule has 2 aliphatic rings. The fourth-order valence-corrected chi connectivity index (χ4v) is 6.08.